The van der Waals surface area contributed by atoms with Crippen molar-refractivity contribution in [3.8, 4) is 11.5 Å². The maximum absolute atomic E-state index is 13.5. The Balaban J connectivity index is 1.22. The van der Waals surface area contributed by atoms with Crippen LogP contribution in [0.15, 0.2) is 70.2 Å². The van der Waals surface area contributed by atoms with Gasteiger partial charge in [0.1, 0.15) is 5.82 Å². The Kier molecular flexibility index (Phi) is 6.34. The molecule has 2 saturated heterocycles. The number of fused-ring (bicyclic) bond motifs is 3. The first-order valence-corrected chi connectivity index (χ1v) is 13.3. The minimum atomic E-state index is -4.74. The number of benzene rings is 2. The Labute approximate surface area is 236 Å². The second-order valence-corrected chi connectivity index (χ2v) is 10.1. The third-order valence-electron chi connectivity index (χ3n) is 7.27. The number of rotatable bonds is 5. The highest BCUT2D eigenvalue weighted by molar-refractivity contribution is 6.19. The van der Waals surface area contributed by atoms with E-state index in [4.69, 9.17) is 14.1 Å². The summed E-state index contributed by atoms with van der Waals surface area (Å²) < 4.78 is 52.3. The third-order valence-corrected chi connectivity index (χ3v) is 7.27. The van der Waals surface area contributed by atoms with Crippen LogP contribution in [0.3, 0.4) is 0 Å². The number of ether oxygens (including phenoxy) is 1. The van der Waals surface area contributed by atoms with E-state index in [0.29, 0.717) is 24.5 Å². The van der Waals surface area contributed by atoms with Crippen LogP contribution in [-0.2, 0) is 15.7 Å². The summed E-state index contributed by atoms with van der Waals surface area (Å²) in [4.78, 5) is 27.0. The number of nitrogens with one attached hydrogen (secondary N) is 2. The van der Waals surface area contributed by atoms with Crippen LogP contribution in [0.25, 0.3) is 11.5 Å². The summed E-state index contributed by atoms with van der Waals surface area (Å²) in [7, 11) is 0. The van der Waals surface area contributed by atoms with Crippen LogP contribution < -0.4 is 15.5 Å². The molecular formula is C28H23F3N8O3. The van der Waals surface area contributed by atoms with E-state index in [1.54, 1.807) is 11.0 Å². The second-order valence-electron chi connectivity index (χ2n) is 10.1. The van der Waals surface area contributed by atoms with Crippen molar-refractivity contribution >= 4 is 29.1 Å². The Morgan fingerprint density at radius 1 is 0.952 bits per heavy atom. The van der Waals surface area contributed by atoms with Crippen molar-refractivity contribution in [1.29, 1.82) is 0 Å². The Morgan fingerprint density at radius 3 is 2.45 bits per heavy atom. The zero-order valence-electron chi connectivity index (χ0n) is 21.9. The first-order valence-electron chi connectivity index (χ1n) is 13.3. The van der Waals surface area contributed by atoms with E-state index in [2.05, 4.69) is 30.8 Å². The van der Waals surface area contributed by atoms with E-state index in [9.17, 15) is 18.0 Å². The first-order chi connectivity index (χ1) is 20.3. The van der Waals surface area contributed by atoms with Gasteiger partial charge in [-0.05, 0) is 18.9 Å². The molecule has 0 aliphatic carbocycles. The third kappa shape index (κ3) is 4.93. The largest absolute Gasteiger partial charge is 0.451 e. The lowest BCUT2D eigenvalue weighted by molar-refractivity contribution is -0.144. The van der Waals surface area contributed by atoms with Crippen molar-refractivity contribution in [3.63, 3.8) is 0 Å². The highest BCUT2D eigenvalue weighted by atomic mass is 19.4. The van der Waals surface area contributed by atoms with Gasteiger partial charge in [0.05, 0.1) is 29.2 Å². The number of halogens is 3. The molecule has 2 aromatic heterocycles. The Hall–Kier alpha value is -4.85. The SMILES string of the molecule is O=C1Nc2ccccc2C(c2ccccc2)=N[C@@H]1Nc1nnc(-c2cnc(C(F)(F)F)nc2N2CC3CCC(C2)O3)o1. The number of amides is 1. The maximum atomic E-state index is 13.5. The zero-order valence-corrected chi connectivity index (χ0v) is 21.9. The molecule has 0 radical (unpaired) electrons. The molecule has 2 bridgehead atoms. The molecule has 5 heterocycles. The molecule has 7 rings (SSSR count). The second kappa shape index (κ2) is 10.2. The first kappa shape index (κ1) is 26.1. The standard InChI is InChI=1S/C28H23F3N8O3/c29-28(30,31)26-32-12-19(23(36-26)39-13-16-10-11-17(14-39)41-16)25-37-38-27(42-25)35-22-24(40)33-20-9-5-4-8-18(20)21(34-22)15-6-2-1-3-7-15/h1-9,12,16-17,22H,10-11,13-14H2,(H,33,40)(H,35,38)/t16?,17?,22-/m1/s1. The van der Waals surface area contributed by atoms with Crippen molar-refractivity contribution in [2.45, 2.75) is 37.4 Å². The summed E-state index contributed by atoms with van der Waals surface area (Å²) in [6, 6.07) is 16.5. The van der Waals surface area contributed by atoms with Gasteiger partial charge in [-0.2, -0.15) is 13.2 Å². The van der Waals surface area contributed by atoms with Crippen LogP contribution >= 0.6 is 0 Å². The zero-order chi connectivity index (χ0) is 28.8. The molecule has 1 amide bonds. The number of aromatic nitrogens is 4. The molecule has 11 nitrogen and oxygen atoms in total. The number of para-hydroxylation sites is 1. The van der Waals surface area contributed by atoms with Gasteiger partial charge in [-0.25, -0.2) is 15.0 Å². The smallest absolute Gasteiger partial charge is 0.403 e. The van der Waals surface area contributed by atoms with Gasteiger partial charge in [-0.3, -0.25) is 4.79 Å². The number of nitrogens with zero attached hydrogens (tertiary/aromatic N) is 6. The molecule has 3 atom stereocenters. The quantitative estimate of drug-likeness (QED) is 0.360. The van der Waals surface area contributed by atoms with Crippen molar-refractivity contribution < 1.29 is 27.1 Å². The fourth-order valence-electron chi connectivity index (χ4n) is 5.38. The lowest BCUT2D eigenvalue weighted by atomic mass is 10.0. The van der Waals surface area contributed by atoms with Gasteiger partial charge in [-0.15, -0.1) is 5.10 Å². The number of aliphatic imine (C=N–C) groups is 1. The summed E-state index contributed by atoms with van der Waals surface area (Å²) >= 11 is 0. The average molecular weight is 577 g/mol. The maximum Gasteiger partial charge on any atom is 0.451 e. The summed E-state index contributed by atoms with van der Waals surface area (Å²) in [6.45, 7) is 0.744. The molecule has 3 aliphatic rings. The van der Waals surface area contributed by atoms with Crippen molar-refractivity contribution in [2.75, 3.05) is 28.6 Å². The molecule has 3 aliphatic heterocycles. The van der Waals surface area contributed by atoms with E-state index in [1.807, 2.05) is 48.5 Å². The average Bonchev–Trinajstić information content (AvgIpc) is 3.56. The van der Waals surface area contributed by atoms with Crippen LogP contribution in [0.5, 0.6) is 0 Å². The highest BCUT2D eigenvalue weighted by Crippen LogP contribution is 2.37. The lowest BCUT2D eigenvalue weighted by Gasteiger charge is -2.33. The summed E-state index contributed by atoms with van der Waals surface area (Å²) in [6.07, 6.45) is -3.42. The summed E-state index contributed by atoms with van der Waals surface area (Å²) in [5.74, 6) is -1.81. The van der Waals surface area contributed by atoms with Crippen molar-refractivity contribution in [1.82, 2.24) is 20.2 Å². The van der Waals surface area contributed by atoms with E-state index in [1.165, 1.54) is 0 Å². The van der Waals surface area contributed by atoms with E-state index >= 15 is 0 Å². The summed E-state index contributed by atoms with van der Waals surface area (Å²) in [5, 5.41) is 13.8. The van der Waals surface area contributed by atoms with Crippen LogP contribution in [0.4, 0.5) is 30.7 Å². The van der Waals surface area contributed by atoms with Gasteiger partial charge in [0, 0.05) is 30.4 Å². The van der Waals surface area contributed by atoms with Crippen LogP contribution in [-0.4, -0.2) is 63.2 Å². The molecule has 0 saturated carbocycles. The number of carbonyl (C=O) groups is 1. The number of benzodiazepines with no additional fused rings is 1. The number of hydrogen-bond donors (Lipinski definition) is 2. The molecule has 42 heavy (non-hydrogen) atoms. The normalized spacial score (nSPS) is 21.8. The van der Waals surface area contributed by atoms with Crippen LogP contribution in [0, 0.1) is 0 Å². The van der Waals surface area contributed by atoms with Gasteiger partial charge < -0.3 is 24.7 Å². The monoisotopic (exact) mass is 576 g/mol. The minimum absolute atomic E-state index is 0.0276. The number of hydrogen-bond acceptors (Lipinski definition) is 10. The molecule has 0 spiro atoms. The number of alkyl halides is 3. The van der Waals surface area contributed by atoms with Gasteiger partial charge in [0.2, 0.25) is 12.0 Å². The fourth-order valence-corrected chi connectivity index (χ4v) is 5.38. The predicted molar refractivity (Wildman–Crippen MR) is 145 cm³/mol. The van der Waals surface area contributed by atoms with Gasteiger partial charge >= 0.3 is 12.2 Å². The number of morpholine rings is 1. The molecule has 4 aromatic rings. The number of carbonyl (C=O) groups excluding carboxylic acids is 1. The topological polar surface area (TPSA) is 131 Å². The van der Waals surface area contributed by atoms with Crippen molar-refractivity contribution in [3.05, 3.63) is 77.7 Å². The van der Waals surface area contributed by atoms with E-state index in [-0.39, 0.29) is 35.5 Å². The fraction of sp³-hybridized carbons (Fsp3) is 0.286. The molecule has 2 fully saturated rings. The molecular weight excluding hydrogens is 553 g/mol. The molecule has 2 unspecified atom stereocenters. The predicted octanol–water partition coefficient (Wildman–Crippen LogP) is 4.14. The minimum Gasteiger partial charge on any atom is -0.403 e. The lowest BCUT2D eigenvalue weighted by Crippen LogP contribution is -2.43. The van der Waals surface area contributed by atoms with E-state index < -0.39 is 24.1 Å². The van der Waals surface area contributed by atoms with Gasteiger partial charge in [0.25, 0.3) is 11.8 Å². The molecule has 214 valence electrons. The Morgan fingerprint density at radius 2 is 1.69 bits per heavy atom. The molecule has 2 N–H and O–H groups in total. The van der Waals surface area contributed by atoms with Gasteiger partial charge in [0.15, 0.2) is 0 Å². The molecule has 14 heteroatoms. The molecule has 2 aromatic carbocycles. The van der Waals surface area contributed by atoms with Crippen LogP contribution in [0.1, 0.15) is 29.8 Å². The van der Waals surface area contributed by atoms with E-state index in [0.717, 1.165) is 30.2 Å². The highest BCUT2D eigenvalue weighted by Gasteiger charge is 2.39. The van der Waals surface area contributed by atoms with Crippen LogP contribution in [0.2, 0.25) is 0 Å². The number of anilines is 3. The van der Waals surface area contributed by atoms with Gasteiger partial charge in [-0.1, -0.05) is 53.6 Å². The Bertz CT molecular complexity index is 1660. The summed E-state index contributed by atoms with van der Waals surface area (Å²) in [5.41, 5.74) is 2.83. The van der Waals surface area contributed by atoms with Crippen molar-refractivity contribution in [2.24, 2.45) is 4.99 Å².